The summed E-state index contributed by atoms with van der Waals surface area (Å²) in [6, 6.07) is 3.70. The van der Waals surface area contributed by atoms with E-state index in [0.717, 1.165) is 0 Å². The third kappa shape index (κ3) is 4.85. The summed E-state index contributed by atoms with van der Waals surface area (Å²) in [5.41, 5.74) is 0.718. The maximum Gasteiger partial charge on any atom is 0.352 e. The molecule has 4 rings (SSSR count). The molecule has 1 unspecified atom stereocenters. The molecule has 2 amide bonds. The predicted octanol–water partition coefficient (Wildman–Crippen LogP) is 0.754. The predicted molar refractivity (Wildman–Crippen MR) is 131 cm³/mol. The number of carboxylic acid groups (broad SMARTS) is 1. The number of nitrogens with zero attached hydrogens (tertiary/aromatic N) is 6. The van der Waals surface area contributed by atoms with Gasteiger partial charge in [-0.3, -0.25) is 14.5 Å². The molecule has 0 spiro atoms. The van der Waals surface area contributed by atoms with Crippen molar-refractivity contribution >= 4 is 58.6 Å². The number of halogens is 1. The average Bonchev–Trinajstić information content (AvgIpc) is 3.27. The minimum Gasteiger partial charge on any atom is -0.495 e. The topological polar surface area (TPSA) is 161 Å². The molecular formula is C20H20ClN7O6S2. The molecule has 2 atom stereocenters. The Bertz CT molecular complexity index is 1280. The number of oxime groups is 1. The van der Waals surface area contributed by atoms with Gasteiger partial charge in [-0.2, -0.15) is 0 Å². The van der Waals surface area contributed by atoms with E-state index in [4.69, 9.17) is 21.2 Å². The van der Waals surface area contributed by atoms with Gasteiger partial charge >= 0.3 is 5.97 Å². The number of carbonyl (C=O) groups is 3. The number of hydrogen-bond acceptors (Lipinski definition) is 11. The fourth-order valence-corrected chi connectivity index (χ4v) is 6.22. The van der Waals surface area contributed by atoms with Gasteiger partial charge in [0.1, 0.15) is 30.0 Å². The van der Waals surface area contributed by atoms with Crippen molar-refractivity contribution in [2.45, 2.75) is 16.6 Å². The number of fused-ring (bicyclic) bond motifs is 1. The summed E-state index contributed by atoms with van der Waals surface area (Å²) in [7, 11) is 4.42. The standard InChI is InChI=1S/C20H20ClN7O6S2/c1-27-20(23-25-26-27)36-8-10-7-35-18-14(17(30)28(18)15(10)19(31)32)22-16(29)13(24-34-3)9-4-5-12(33-2)11(21)6-9/h4-6,14,18H,7-8H2,1-3H3,(H,22,29)(H,31,32)/b24-13+/t14?,18-/m1/s1. The van der Waals surface area contributed by atoms with Crippen LogP contribution in [-0.4, -0.2) is 90.9 Å². The van der Waals surface area contributed by atoms with Crippen LogP contribution in [0.25, 0.3) is 0 Å². The van der Waals surface area contributed by atoms with Crippen molar-refractivity contribution in [1.29, 1.82) is 0 Å². The van der Waals surface area contributed by atoms with Gasteiger partial charge in [-0.05, 0) is 34.2 Å². The van der Waals surface area contributed by atoms with E-state index in [0.29, 0.717) is 33.5 Å². The van der Waals surface area contributed by atoms with Crippen molar-refractivity contribution in [3.63, 3.8) is 0 Å². The van der Waals surface area contributed by atoms with Gasteiger partial charge in [-0.15, -0.1) is 16.9 Å². The van der Waals surface area contributed by atoms with Crippen LogP contribution in [0.3, 0.4) is 0 Å². The first-order valence-electron chi connectivity index (χ1n) is 10.3. The second kappa shape index (κ2) is 10.8. The smallest absolute Gasteiger partial charge is 0.352 e. The largest absolute Gasteiger partial charge is 0.495 e. The number of amides is 2. The molecular weight excluding hydrogens is 534 g/mol. The molecule has 2 N–H and O–H groups in total. The van der Waals surface area contributed by atoms with E-state index in [1.165, 1.54) is 53.4 Å². The summed E-state index contributed by atoms with van der Waals surface area (Å²) in [5, 5.41) is 27.7. The Kier molecular flexibility index (Phi) is 7.70. The van der Waals surface area contributed by atoms with Crippen LogP contribution in [0, 0.1) is 0 Å². The van der Waals surface area contributed by atoms with Gasteiger partial charge in [0, 0.05) is 24.1 Å². The van der Waals surface area contributed by atoms with Crippen molar-refractivity contribution in [3.8, 4) is 5.75 Å². The normalized spacial score (nSPS) is 19.5. The Labute approximate surface area is 218 Å². The molecule has 13 nitrogen and oxygen atoms in total. The molecule has 2 aliphatic rings. The molecule has 0 bridgehead atoms. The number of methoxy groups -OCH3 is 1. The van der Waals surface area contributed by atoms with Crippen LogP contribution >= 0.6 is 35.1 Å². The number of aryl methyl sites for hydroxylation is 1. The highest BCUT2D eigenvalue weighted by Gasteiger charge is 2.54. The van der Waals surface area contributed by atoms with Gasteiger partial charge < -0.3 is 20.0 Å². The number of rotatable bonds is 9. The van der Waals surface area contributed by atoms with E-state index in [-0.39, 0.29) is 16.4 Å². The molecule has 0 radical (unpaired) electrons. The summed E-state index contributed by atoms with van der Waals surface area (Å²) >= 11 is 8.79. The first kappa shape index (κ1) is 25.8. The maximum absolute atomic E-state index is 13.0. The molecule has 0 saturated carbocycles. The van der Waals surface area contributed by atoms with Gasteiger partial charge in [0.15, 0.2) is 5.71 Å². The van der Waals surface area contributed by atoms with Crippen LogP contribution in [0.4, 0.5) is 0 Å². The number of aromatic nitrogens is 4. The molecule has 1 aromatic heterocycles. The van der Waals surface area contributed by atoms with Crippen molar-refractivity contribution in [3.05, 3.63) is 40.1 Å². The number of β-lactam (4-membered cyclic amide) rings is 1. The first-order valence-corrected chi connectivity index (χ1v) is 12.7. The Morgan fingerprint density at radius 3 is 2.78 bits per heavy atom. The second-order valence-corrected chi connectivity index (χ2v) is 9.92. The number of hydrogen-bond donors (Lipinski definition) is 2. The highest BCUT2D eigenvalue weighted by molar-refractivity contribution is 8.01. The maximum atomic E-state index is 13.0. The number of carbonyl (C=O) groups excluding carboxylic acids is 2. The van der Waals surface area contributed by atoms with E-state index in [1.807, 2.05) is 0 Å². The fourth-order valence-electron chi connectivity index (χ4n) is 3.63. The third-order valence-electron chi connectivity index (χ3n) is 5.32. The number of aliphatic carboxylic acids is 1. The molecule has 0 aliphatic carbocycles. The average molecular weight is 554 g/mol. The molecule has 1 fully saturated rings. The first-order chi connectivity index (χ1) is 17.3. The van der Waals surface area contributed by atoms with Crippen molar-refractivity contribution in [1.82, 2.24) is 30.4 Å². The van der Waals surface area contributed by atoms with E-state index in [1.54, 1.807) is 19.2 Å². The van der Waals surface area contributed by atoms with Crippen molar-refractivity contribution < 1.29 is 29.1 Å². The molecule has 36 heavy (non-hydrogen) atoms. The molecule has 16 heteroatoms. The van der Waals surface area contributed by atoms with Crippen LogP contribution in [-0.2, 0) is 26.3 Å². The minimum atomic E-state index is -1.22. The summed E-state index contributed by atoms with van der Waals surface area (Å²) in [4.78, 5) is 44.1. The Morgan fingerprint density at radius 2 is 2.17 bits per heavy atom. The summed E-state index contributed by atoms with van der Waals surface area (Å²) in [5.74, 6) is -1.37. The number of benzene rings is 1. The van der Waals surface area contributed by atoms with Gasteiger partial charge in [-0.25, -0.2) is 9.48 Å². The Balaban J connectivity index is 1.50. The quantitative estimate of drug-likeness (QED) is 0.195. The molecule has 3 heterocycles. The molecule has 1 saturated heterocycles. The zero-order valence-electron chi connectivity index (χ0n) is 19.2. The van der Waals surface area contributed by atoms with E-state index < -0.39 is 29.2 Å². The van der Waals surface area contributed by atoms with Crippen molar-refractivity contribution in [2.24, 2.45) is 12.2 Å². The zero-order chi connectivity index (χ0) is 26.0. The summed E-state index contributed by atoms with van der Waals surface area (Å²) in [6.45, 7) is 0. The molecule has 190 valence electrons. The van der Waals surface area contributed by atoms with Crippen LogP contribution in [0.2, 0.25) is 5.02 Å². The van der Waals surface area contributed by atoms with Crippen LogP contribution in [0.1, 0.15) is 5.56 Å². The lowest BCUT2D eigenvalue weighted by Gasteiger charge is -2.49. The number of ether oxygens (including phenoxy) is 1. The number of tetrazole rings is 1. The number of thioether (sulfide) groups is 2. The lowest BCUT2D eigenvalue weighted by Crippen LogP contribution is -2.71. The summed E-state index contributed by atoms with van der Waals surface area (Å²) < 4.78 is 6.60. The Hall–Kier alpha value is -3.30. The highest BCUT2D eigenvalue weighted by Crippen LogP contribution is 2.41. The molecule has 2 aliphatic heterocycles. The number of carboxylic acids is 1. The fraction of sp³-hybridized carbons (Fsp3) is 0.350. The monoisotopic (exact) mass is 553 g/mol. The molecule has 1 aromatic carbocycles. The summed E-state index contributed by atoms with van der Waals surface area (Å²) in [6.07, 6.45) is 0. The zero-order valence-corrected chi connectivity index (χ0v) is 21.6. The minimum absolute atomic E-state index is 0.0930. The highest BCUT2D eigenvalue weighted by atomic mass is 35.5. The lowest BCUT2D eigenvalue weighted by atomic mass is 10.0. The Morgan fingerprint density at radius 1 is 1.39 bits per heavy atom. The van der Waals surface area contributed by atoms with Crippen LogP contribution in [0.15, 0.2) is 39.8 Å². The van der Waals surface area contributed by atoms with E-state index in [9.17, 15) is 19.5 Å². The molecule has 2 aromatic rings. The van der Waals surface area contributed by atoms with Crippen LogP contribution in [0.5, 0.6) is 5.75 Å². The second-order valence-electron chi connectivity index (χ2n) is 7.46. The van der Waals surface area contributed by atoms with E-state index in [2.05, 4.69) is 26.0 Å². The van der Waals surface area contributed by atoms with Gasteiger partial charge in [-0.1, -0.05) is 28.5 Å². The SMILES string of the molecule is CO/N=C(/C(=O)NC1C(=O)N2C(C(=O)O)=C(CSc3nnnn3C)CS[C@H]12)c1ccc(OC)c(Cl)c1. The van der Waals surface area contributed by atoms with Gasteiger partial charge in [0.25, 0.3) is 11.8 Å². The number of nitrogens with one attached hydrogen (secondary N) is 1. The van der Waals surface area contributed by atoms with E-state index >= 15 is 0 Å². The van der Waals surface area contributed by atoms with Crippen molar-refractivity contribution in [2.75, 3.05) is 25.7 Å². The van der Waals surface area contributed by atoms with Gasteiger partial charge in [0.2, 0.25) is 5.16 Å². The van der Waals surface area contributed by atoms with Crippen LogP contribution < -0.4 is 10.1 Å². The lowest BCUT2D eigenvalue weighted by molar-refractivity contribution is -0.150. The van der Waals surface area contributed by atoms with Gasteiger partial charge in [0.05, 0.1) is 12.1 Å². The third-order valence-corrected chi connectivity index (χ3v) is 8.05.